The van der Waals surface area contributed by atoms with Crippen molar-refractivity contribution < 1.29 is 4.52 Å². The second-order valence-corrected chi connectivity index (χ2v) is 4.22. The summed E-state index contributed by atoms with van der Waals surface area (Å²) in [5.74, 6) is 2.16. The van der Waals surface area contributed by atoms with Gasteiger partial charge in [-0.15, -0.1) is 0 Å². The molecule has 1 rings (SSSR count). The fourth-order valence-corrected chi connectivity index (χ4v) is 1.76. The van der Waals surface area contributed by atoms with Crippen LogP contribution in [0.4, 0.5) is 0 Å². The minimum Gasteiger partial charge on any atom is -0.340 e. The smallest absolute Gasteiger partial charge is 0.223 e. The van der Waals surface area contributed by atoms with Crippen molar-refractivity contribution in [3.05, 3.63) is 11.7 Å². The zero-order chi connectivity index (χ0) is 12.0. The fourth-order valence-electron chi connectivity index (χ4n) is 1.76. The minimum absolute atomic E-state index is 0.220. The third-order valence-electron chi connectivity index (χ3n) is 3.07. The van der Waals surface area contributed by atoms with Crippen LogP contribution in [0.5, 0.6) is 0 Å². The maximum Gasteiger partial charge on any atom is 0.223 e. The molecule has 0 bridgehead atoms. The van der Waals surface area contributed by atoms with Crippen LogP contribution in [0.25, 0.3) is 0 Å². The Morgan fingerprint density at radius 1 is 1.19 bits per heavy atom. The van der Waals surface area contributed by atoms with Crippen molar-refractivity contribution in [3.8, 4) is 0 Å². The molecule has 0 amide bonds. The van der Waals surface area contributed by atoms with E-state index < -0.39 is 0 Å². The second kappa shape index (κ2) is 6.63. The molecule has 0 spiro atoms. The molecule has 1 atom stereocenters. The van der Waals surface area contributed by atoms with Gasteiger partial charge in [0.1, 0.15) is 0 Å². The monoisotopic (exact) mass is 225 g/mol. The van der Waals surface area contributed by atoms with Crippen LogP contribution in [0.2, 0.25) is 0 Å². The summed E-state index contributed by atoms with van der Waals surface area (Å²) in [4.78, 5) is 4.27. The summed E-state index contributed by atoms with van der Waals surface area (Å²) in [5, 5.41) is 7.48. The summed E-state index contributed by atoms with van der Waals surface area (Å²) in [6.45, 7) is 9.45. The average Bonchev–Trinajstić information content (AvgIpc) is 2.71. The van der Waals surface area contributed by atoms with Gasteiger partial charge in [-0.1, -0.05) is 38.8 Å². The normalized spacial score (nSPS) is 13.3. The summed E-state index contributed by atoms with van der Waals surface area (Å²) >= 11 is 0. The number of hydrogen-bond acceptors (Lipinski definition) is 4. The molecule has 1 N–H and O–H groups in total. The molecule has 1 unspecified atom stereocenters. The molecule has 0 saturated heterocycles. The number of aryl methyl sites for hydroxylation is 1. The van der Waals surface area contributed by atoms with Gasteiger partial charge >= 0.3 is 0 Å². The van der Waals surface area contributed by atoms with E-state index in [0.29, 0.717) is 5.89 Å². The summed E-state index contributed by atoms with van der Waals surface area (Å²) in [7, 11) is 0. The first-order valence-corrected chi connectivity index (χ1v) is 6.24. The highest BCUT2D eigenvalue weighted by Gasteiger charge is 2.16. The zero-order valence-electron chi connectivity index (χ0n) is 10.8. The first-order chi connectivity index (χ1) is 7.71. The average molecular weight is 225 g/mol. The Hall–Kier alpha value is -0.900. The molecule has 1 heterocycles. The second-order valence-electron chi connectivity index (χ2n) is 4.22. The van der Waals surface area contributed by atoms with E-state index in [1.54, 1.807) is 0 Å². The topological polar surface area (TPSA) is 51.0 Å². The molecule has 0 aliphatic heterocycles. The molecule has 4 nitrogen and oxygen atoms in total. The van der Waals surface area contributed by atoms with Crippen LogP contribution >= 0.6 is 0 Å². The van der Waals surface area contributed by atoms with Gasteiger partial charge in [-0.25, -0.2) is 0 Å². The van der Waals surface area contributed by atoms with E-state index in [2.05, 4.69) is 36.2 Å². The van der Waals surface area contributed by atoms with E-state index in [1.807, 2.05) is 6.92 Å². The first kappa shape index (κ1) is 13.2. The van der Waals surface area contributed by atoms with Crippen molar-refractivity contribution in [1.82, 2.24) is 15.5 Å². The van der Waals surface area contributed by atoms with Gasteiger partial charge < -0.3 is 9.84 Å². The fraction of sp³-hybridized carbons (Fsp3) is 0.833. The summed E-state index contributed by atoms with van der Waals surface area (Å²) < 4.78 is 5.01. The zero-order valence-corrected chi connectivity index (χ0v) is 10.8. The van der Waals surface area contributed by atoms with Gasteiger partial charge in [-0.3, -0.25) is 0 Å². The first-order valence-electron chi connectivity index (χ1n) is 6.24. The molecule has 1 aromatic rings. The molecule has 0 aromatic carbocycles. The van der Waals surface area contributed by atoms with E-state index in [-0.39, 0.29) is 6.04 Å². The van der Waals surface area contributed by atoms with Gasteiger partial charge in [0.25, 0.3) is 0 Å². The van der Waals surface area contributed by atoms with Gasteiger partial charge in [0, 0.05) is 6.92 Å². The molecule has 0 fully saturated rings. The summed E-state index contributed by atoms with van der Waals surface area (Å²) in [6, 6.07) is 0.220. The van der Waals surface area contributed by atoms with Gasteiger partial charge in [0.15, 0.2) is 5.82 Å². The van der Waals surface area contributed by atoms with Crippen molar-refractivity contribution in [2.45, 2.75) is 53.0 Å². The Labute approximate surface area is 97.8 Å². The highest BCUT2D eigenvalue weighted by Crippen LogP contribution is 2.14. The summed E-state index contributed by atoms with van der Waals surface area (Å²) in [6.07, 6.45) is 3.41. The van der Waals surface area contributed by atoms with E-state index in [1.165, 1.54) is 12.8 Å². The lowest BCUT2D eigenvalue weighted by Crippen LogP contribution is -2.27. The minimum atomic E-state index is 0.220. The van der Waals surface area contributed by atoms with Crippen molar-refractivity contribution >= 4 is 0 Å². The third kappa shape index (κ3) is 3.59. The van der Waals surface area contributed by atoms with Crippen molar-refractivity contribution in [3.63, 3.8) is 0 Å². The Bertz CT molecular complexity index is 294. The highest BCUT2D eigenvalue weighted by atomic mass is 16.5. The number of aromatic nitrogens is 2. The molecule has 0 aliphatic carbocycles. The molecular weight excluding hydrogens is 202 g/mol. The van der Waals surface area contributed by atoms with Crippen molar-refractivity contribution in [1.29, 1.82) is 0 Å². The predicted octanol–water partition coefficient (Wildman–Crippen LogP) is 2.85. The summed E-state index contributed by atoms with van der Waals surface area (Å²) in [5.41, 5.74) is 0. The lowest BCUT2D eigenvalue weighted by molar-refractivity contribution is 0.362. The van der Waals surface area contributed by atoms with E-state index in [0.717, 1.165) is 24.7 Å². The van der Waals surface area contributed by atoms with Crippen LogP contribution in [0, 0.1) is 12.8 Å². The largest absolute Gasteiger partial charge is 0.340 e. The molecule has 0 saturated carbocycles. The van der Waals surface area contributed by atoms with Gasteiger partial charge in [0.2, 0.25) is 5.89 Å². The molecule has 4 heteroatoms. The van der Waals surface area contributed by atoms with Gasteiger partial charge in [-0.2, -0.15) is 4.98 Å². The Morgan fingerprint density at radius 2 is 1.88 bits per heavy atom. The van der Waals surface area contributed by atoms with E-state index in [9.17, 15) is 0 Å². The SMILES string of the molecule is CCC(CC)CNC(CC)c1noc(C)n1. The molecule has 16 heavy (non-hydrogen) atoms. The van der Waals surface area contributed by atoms with Crippen molar-refractivity contribution in [2.75, 3.05) is 6.54 Å². The van der Waals surface area contributed by atoms with E-state index >= 15 is 0 Å². The number of hydrogen-bond donors (Lipinski definition) is 1. The standard InChI is InChI=1S/C12H23N3O/c1-5-10(6-2)8-13-11(7-3)12-14-9(4)16-15-12/h10-11,13H,5-8H2,1-4H3. The van der Waals surface area contributed by atoms with Gasteiger partial charge in [0.05, 0.1) is 6.04 Å². The number of rotatable bonds is 7. The number of nitrogens with zero attached hydrogens (tertiary/aromatic N) is 2. The van der Waals surface area contributed by atoms with Crippen LogP contribution in [-0.2, 0) is 0 Å². The highest BCUT2D eigenvalue weighted by molar-refractivity contribution is 4.92. The quantitative estimate of drug-likeness (QED) is 0.775. The van der Waals surface area contributed by atoms with Crippen LogP contribution in [0.15, 0.2) is 4.52 Å². The van der Waals surface area contributed by atoms with Crippen molar-refractivity contribution in [2.24, 2.45) is 5.92 Å². The Balaban J connectivity index is 2.49. The van der Waals surface area contributed by atoms with Crippen LogP contribution in [0.3, 0.4) is 0 Å². The molecule has 0 aliphatic rings. The van der Waals surface area contributed by atoms with Crippen LogP contribution < -0.4 is 5.32 Å². The maximum atomic E-state index is 5.01. The molecular formula is C12H23N3O. The predicted molar refractivity (Wildman–Crippen MR) is 64.1 cm³/mol. The van der Waals surface area contributed by atoms with Gasteiger partial charge in [-0.05, 0) is 18.9 Å². The lowest BCUT2D eigenvalue weighted by Gasteiger charge is -2.18. The molecule has 1 aromatic heterocycles. The molecule has 92 valence electrons. The molecule has 0 radical (unpaired) electrons. The lowest BCUT2D eigenvalue weighted by atomic mass is 10.0. The third-order valence-corrected chi connectivity index (χ3v) is 3.07. The Kier molecular flexibility index (Phi) is 5.46. The number of nitrogens with one attached hydrogen (secondary N) is 1. The van der Waals surface area contributed by atoms with Crippen LogP contribution in [0.1, 0.15) is 57.8 Å². The maximum absolute atomic E-state index is 5.01. The van der Waals surface area contributed by atoms with Crippen LogP contribution in [-0.4, -0.2) is 16.7 Å². The van der Waals surface area contributed by atoms with E-state index in [4.69, 9.17) is 4.52 Å². The Morgan fingerprint density at radius 3 is 2.31 bits per heavy atom.